The zero-order valence-corrected chi connectivity index (χ0v) is 10.3. The van der Waals surface area contributed by atoms with Crippen molar-refractivity contribution in [2.24, 2.45) is 0 Å². The number of carbonyl (C=O) groups excluding carboxylic acids is 1. The lowest BCUT2D eigenvalue weighted by molar-refractivity contribution is -0.223. The molecule has 1 fully saturated rings. The second kappa shape index (κ2) is 6.58. The monoisotopic (exact) mass is 272 g/mol. The number of rotatable bonds is 3. The predicted octanol–water partition coefficient (Wildman–Crippen LogP) is 2.45. The Morgan fingerprint density at radius 3 is 2.56 bits per heavy atom. The summed E-state index contributed by atoms with van der Waals surface area (Å²) in [5, 5.41) is 0. The molecule has 1 aliphatic rings. The van der Waals surface area contributed by atoms with Gasteiger partial charge in [-0.05, 0) is 0 Å². The maximum Gasteiger partial charge on any atom is 0.509 e. The Balaban J connectivity index is 1.80. The zero-order valence-electron chi connectivity index (χ0n) is 9.58. The lowest BCUT2D eigenvalue weighted by atomic mass is 10.2. The van der Waals surface area contributed by atoms with Crippen molar-refractivity contribution in [3.8, 4) is 0 Å². The molecule has 0 radical (unpaired) electrons. The molecule has 5 nitrogen and oxygen atoms in total. The van der Waals surface area contributed by atoms with Crippen molar-refractivity contribution in [1.29, 1.82) is 0 Å². The zero-order chi connectivity index (χ0) is 12.8. The Bertz CT molecular complexity index is 375. The molecule has 1 heterocycles. The number of hydrogen-bond acceptors (Lipinski definition) is 5. The third kappa shape index (κ3) is 3.60. The highest BCUT2D eigenvalue weighted by Gasteiger charge is 2.26. The summed E-state index contributed by atoms with van der Waals surface area (Å²) >= 11 is 5.23. The summed E-state index contributed by atoms with van der Waals surface area (Å²) in [6.07, 6.45) is -1.71. The van der Waals surface area contributed by atoms with Gasteiger partial charge in [0.25, 0.3) is 0 Å². The van der Waals surface area contributed by atoms with Crippen LogP contribution in [0.4, 0.5) is 4.79 Å². The summed E-state index contributed by atoms with van der Waals surface area (Å²) in [6.45, 7) is 0.522. The quantitative estimate of drug-likeness (QED) is 0.625. The van der Waals surface area contributed by atoms with Crippen LogP contribution in [0.5, 0.6) is 0 Å². The van der Waals surface area contributed by atoms with E-state index in [4.69, 9.17) is 25.8 Å². The third-order valence-electron chi connectivity index (χ3n) is 2.37. The molecule has 1 saturated heterocycles. The van der Waals surface area contributed by atoms with Crippen molar-refractivity contribution in [2.75, 3.05) is 19.3 Å². The van der Waals surface area contributed by atoms with Gasteiger partial charge < -0.3 is 18.9 Å². The van der Waals surface area contributed by atoms with Crippen molar-refractivity contribution >= 4 is 17.8 Å². The fourth-order valence-corrected chi connectivity index (χ4v) is 1.66. The SMILES string of the molecule is O=C(OCCl)OC1COC(c2ccccc2)OC1. The van der Waals surface area contributed by atoms with Crippen LogP contribution < -0.4 is 0 Å². The van der Waals surface area contributed by atoms with E-state index in [0.29, 0.717) is 0 Å². The Hall–Kier alpha value is -1.30. The third-order valence-corrected chi connectivity index (χ3v) is 2.48. The second-order valence-electron chi connectivity index (χ2n) is 3.65. The number of ether oxygens (including phenoxy) is 4. The fourth-order valence-electron chi connectivity index (χ4n) is 1.57. The van der Waals surface area contributed by atoms with Crippen molar-refractivity contribution in [3.63, 3.8) is 0 Å². The van der Waals surface area contributed by atoms with E-state index in [1.807, 2.05) is 30.3 Å². The average Bonchev–Trinajstić information content (AvgIpc) is 2.41. The molecule has 18 heavy (non-hydrogen) atoms. The van der Waals surface area contributed by atoms with E-state index < -0.39 is 18.5 Å². The van der Waals surface area contributed by atoms with E-state index in [1.54, 1.807) is 0 Å². The standard InChI is InChI=1S/C12H13ClO5/c13-8-17-12(14)18-10-6-15-11(16-7-10)9-4-2-1-3-5-9/h1-5,10-11H,6-8H2. The molecule has 0 atom stereocenters. The van der Waals surface area contributed by atoms with Crippen LogP contribution in [0.2, 0.25) is 0 Å². The molecular weight excluding hydrogens is 260 g/mol. The molecule has 2 rings (SSSR count). The van der Waals surface area contributed by atoms with Gasteiger partial charge in [0.2, 0.25) is 0 Å². The van der Waals surface area contributed by atoms with Crippen LogP contribution in [0.1, 0.15) is 11.9 Å². The molecule has 0 unspecified atom stereocenters. The van der Waals surface area contributed by atoms with Gasteiger partial charge in [0.15, 0.2) is 18.5 Å². The molecular formula is C12H13ClO5. The molecule has 1 aliphatic heterocycles. The number of halogens is 1. The molecule has 0 bridgehead atoms. The molecule has 0 amide bonds. The summed E-state index contributed by atoms with van der Waals surface area (Å²) in [6, 6.07) is 9.31. The molecule has 0 aliphatic carbocycles. The Morgan fingerprint density at radius 1 is 1.28 bits per heavy atom. The van der Waals surface area contributed by atoms with Crippen molar-refractivity contribution in [2.45, 2.75) is 12.4 Å². The van der Waals surface area contributed by atoms with Gasteiger partial charge in [-0.25, -0.2) is 4.79 Å². The van der Waals surface area contributed by atoms with Gasteiger partial charge in [0.1, 0.15) is 0 Å². The smallest absolute Gasteiger partial charge is 0.426 e. The summed E-state index contributed by atoms with van der Waals surface area (Å²) < 4.78 is 20.3. The van der Waals surface area contributed by atoms with Crippen LogP contribution in [0.15, 0.2) is 30.3 Å². The van der Waals surface area contributed by atoms with E-state index in [-0.39, 0.29) is 19.3 Å². The number of carbonyl (C=O) groups is 1. The first-order valence-corrected chi connectivity index (χ1v) is 6.00. The molecule has 98 valence electrons. The van der Waals surface area contributed by atoms with Crippen molar-refractivity contribution in [1.82, 2.24) is 0 Å². The molecule has 0 saturated carbocycles. The highest BCUT2D eigenvalue weighted by Crippen LogP contribution is 2.23. The van der Waals surface area contributed by atoms with Crippen LogP contribution in [-0.2, 0) is 18.9 Å². The first kappa shape index (κ1) is 13.1. The summed E-state index contributed by atoms with van der Waals surface area (Å²) in [7, 11) is 0. The van der Waals surface area contributed by atoms with Gasteiger partial charge >= 0.3 is 6.16 Å². The maximum atomic E-state index is 11.0. The topological polar surface area (TPSA) is 54.0 Å². The molecule has 0 aromatic heterocycles. The van der Waals surface area contributed by atoms with Crippen LogP contribution in [0.3, 0.4) is 0 Å². The summed E-state index contributed by atoms with van der Waals surface area (Å²) in [5.74, 6) is 0. The molecule has 1 aromatic rings. The predicted molar refractivity (Wildman–Crippen MR) is 63.2 cm³/mol. The highest BCUT2D eigenvalue weighted by molar-refractivity contribution is 6.17. The van der Waals surface area contributed by atoms with E-state index >= 15 is 0 Å². The average molecular weight is 273 g/mol. The Kier molecular flexibility index (Phi) is 4.81. The first-order chi connectivity index (χ1) is 8.79. The number of alkyl halides is 1. The van der Waals surface area contributed by atoms with Gasteiger partial charge in [-0.3, -0.25) is 0 Å². The first-order valence-electron chi connectivity index (χ1n) is 5.47. The Labute approximate surface area is 110 Å². The summed E-state index contributed by atoms with van der Waals surface area (Å²) in [4.78, 5) is 11.0. The molecule has 0 spiro atoms. The van der Waals surface area contributed by atoms with Gasteiger partial charge in [-0.2, -0.15) is 0 Å². The van der Waals surface area contributed by atoms with Gasteiger partial charge in [-0.15, -0.1) is 0 Å². The lowest BCUT2D eigenvalue weighted by Gasteiger charge is -2.28. The van der Waals surface area contributed by atoms with Crippen LogP contribution >= 0.6 is 11.6 Å². The van der Waals surface area contributed by atoms with Crippen LogP contribution in [-0.4, -0.2) is 31.5 Å². The van der Waals surface area contributed by atoms with Crippen molar-refractivity contribution in [3.05, 3.63) is 35.9 Å². The number of benzene rings is 1. The molecule has 0 N–H and O–H groups in total. The van der Waals surface area contributed by atoms with E-state index in [2.05, 4.69) is 4.74 Å². The summed E-state index contributed by atoms with van der Waals surface area (Å²) in [5.41, 5.74) is 0.930. The van der Waals surface area contributed by atoms with Crippen LogP contribution in [0.25, 0.3) is 0 Å². The maximum absolute atomic E-state index is 11.0. The highest BCUT2D eigenvalue weighted by atomic mass is 35.5. The minimum atomic E-state index is -0.819. The second-order valence-corrected chi connectivity index (χ2v) is 3.87. The van der Waals surface area contributed by atoms with E-state index in [9.17, 15) is 4.79 Å². The fraction of sp³-hybridized carbons (Fsp3) is 0.417. The minimum absolute atomic E-state index is 0.236. The molecule has 6 heteroatoms. The van der Waals surface area contributed by atoms with Crippen molar-refractivity contribution < 1.29 is 23.7 Å². The lowest BCUT2D eigenvalue weighted by Crippen LogP contribution is -2.35. The normalized spacial score (nSPS) is 23.4. The Morgan fingerprint density at radius 2 is 1.94 bits per heavy atom. The molecule has 1 aromatic carbocycles. The van der Waals surface area contributed by atoms with Gasteiger partial charge in [0.05, 0.1) is 13.2 Å². The minimum Gasteiger partial charge on any atom is -0.426 e. The van der Waals surface area contributed by atoms with E-state index in [0.717, 1.165) is 5.56 Å². The van der Waals surface area contributed by atoms with E-state index in [1.165, 1.54) is 0 Å². The van der Waals surface area contributed by atoms with Gasteiger partial charge in [0, 0.05) is 5.56 Å². The number of hydrogen-bond donors (Lipinski definition) is 0. The largest absolute Gasteiger partial charge is 0.509 e. The van der Waals surface area contributed by atoms with Gasteiger partial charge in [-0.1, -0.05) is 41.9 Å². The van der Waals surface area contributed by atoms with Crippen LogP contribution in [0, 0.1) is 0 Å².